The average molecular weight is 305 g/mol. The molecule has 1 aromatic heterocycles. The van der Waals surface area contributed by atoms with E-state index >= 15 is 0 Å². The van der Waals surface area contributed by atoms with Crippen LogP contribution >= 0.6 is 0 Å². The Morgan fingerprint density at radius 3 is 2.87 bits per heavy atom. The maximum atomic E-state index is 12.5. The number of aromatic amines is 1. The predicted octanol–water partition coefficient (Wildman–Crippen LogP) is 3.84. The van der Waals surface area contributed by atoms with E-state index in [4.69, 9.17) is 9.47 Å². The van der Waals surface area contributed by atoms with Crippen molar-refractivity contribution in [3.05, 3.63) is 65.9 Å². The second kappa shape index (κ2) is 5.65. The zero-order valence-electron chi connectivity index (χ0n) is 12.4. The molecule has 0 fully saturated rings. The van der Waals surface area contributed by atoms with Gasteiger partial charge in [-0.1, -0.05) is 30.3 Å². The molecule has 114 valence electrons. The molecule has 4 nitrogen and oxygen atoms in total. The van der Waals surface area contributed by atoms with Gasteiger partial charge >= 0.3 is 0 Å². The van der Waals surface area contributed by atoms with Crippen molar-refractivity contribution in [2.75, 3.05) is 13.2 Å². The van der Waals surface area contributed by atoms with Gasteiger partial charge in [0.05, 0.1) is 0 Å². The summed E-state index contributed by atoms with van der Waals surface area (Å²) in [6.45, 7) is 1.07. The number of ketones is 1. The van der Waals surface area contributed by atoms with Gasteiger partial charge in [0.25, 0.3) is 0 Å². The van der Waals surface area contributed by atoms with Crippen LogP contribution in [-0.2, 0) is 0 Å². The highest BCUT2D eigenvalue weighted by molar-refractivity contribution is 6.14. The third-order valence-corrected chi connectivity index (χ3v) is 3.87. The molecular weight excluding hydrogens is 290 g/mol. The number of para-hydroxylation sites is 2. The molecule has 2 heterocycles. The smallest absolute Gasteiger partial charge is 0.188 e. The zero-order chi connectivity index (χ0) is 15.6. The Kier molecular flexibility index (Phi) is 3.35. The van der Waals surface area contributed by atoms with Crippen LogP contribution in [0.1, 0.15) is 15.9 Å². The number of ether oxygens (including phenoxy) is 2. The number of benzene rings is 2. The van der Waals surface area contributed by atoms with Crippen LogP contribution < -0.4 is 9.47 Å². The van der Waals surface area contributed by atoms with Crippen LogP contribution in [0.2, 0.25) is 0 Å². The minimum Gasteiger partial charge on any atom is -0.486 e. The van der Waals surface area contributed by atoms with Crippen molar-refractivity contribution in [3.8, 4) is 11.5 Å². The Morgan fingerprint density at radius 1 is 1.04 bits per heavy atom. The first-order valence-corrected chi connectivity index (χ1v) is 7.50. The average Bonchev–Trinajstić information content (AvgIpc) is 3.04. The van der Waals surface area contributed by atoms with Crippen molar-refractivity contribution in [1.82, 2.24) is 4.98 Å². The molecule has 1 aliphatic rings. The van der Waals surface area contributed by atoms with E-state index in [-0.39, 0.29) is 5.78 Å². The fraction of sp³-hybridized carbons (Fsp3) is 0.105. The lowest BCUT2D eigenvalue weighted by molar-refractivity contribution is 0.104. The molecule has 0 radical (unpaired) electrons. The minimum absolute atomic E-state index is 0.0446. The summed E-state index contributed by atoms with van der Waals surface area (Å²) in [5.74, 6) is 1.37. The number of rotatable bonds is 3. The van der Waals surface area contributed by atoms with Crippen molar-refractivity contribution < 1.29 is 14.3 Å². The lowest BCUT2D eigenvalue weighted by Gasteiger charge is -2.19. The van der Waals surface area contributed by atoms with Crippen LogP contribution in [-0.4, -0.2) is 24.0 Å². The second-order valence-electron chi connectivity index (χ2n) is 5.32. The third kappa shape index (κ3) is 2.48. The van der Waals surface area contributed by atoms with Gasteiger partial charge in [0, 0.05) is 28.2 Å². The third-order valence-electron chi connectivity index (χ3n) is 3.87. The Bertz CT molecular complexity index is 908. The predicted molar refractivity (Wildman–Crippen MR) is 89.1 cm³/mol. The fourth-order valence-corrected chi connectivity index (χ4v) is 2.76. The monoisotopic (exact) mass is 305 g/mol. The van der Waals surface area contributed by atoms with E-state index < -0.39 is 0 Å². The largest absolute Gasteiger partial charge is 0.486 e. The van der Waals surface area contributed by atoms with Gasteiger partial charge in [0.2, 0.25) is 0 Å². The Labute approximate surface area is 133 Å². The zero-order valence-corrected chi connectivity index (χ0v) is 12.4. The summed E-state index contributed by atoms with van der Waals surface area (Å²) in [6.07, 6.45) is 5.10. The lowest BCUT2D eigenvalue weighted by Crippen LogP contribution is -2.15. The normalized spacial score (nSPS) is 13.6. The summed E-state index contributed by atoms with van der Waals surface area (Å²) >= 11 is 0. The van der Waals surface area contributed by atoms with Crippen molar-refractivity contribution in [3.63, 3.8) is 0 Å². The topological polar surface area (TPSA) is 51.3 Å². The van der Waals surface area contributed by atoms with Crippen molar-refractivity contribution in [1.29, 1.82) is 0 Å². The van der Waals surface area contributed by atoms with E-state index in [9.17, 15) is 4.79 Å². The number of hydrogen-bond donors (Lipinski definition) is 1. The quantitative estimate of drug-likeness (QED) is 0.591. The van der Waals surface area contributed by atoms with Gasteiger partial charge in [0.1, 0.15) is 13.2 Å². The number of H-pyrrole nitrogens is 1. The molecule has 0 saturated carbocycles. The molecule has 1 aliphatic heterocycles. The molecule has 0 bridgehead atoms. The molecule has 0 atom stereocenters. The standard InChI is InChI=1S/C19H15NO3/c21-17(15-12-20-16-6-2-1-5-14(15)16)9-8-13-4-3-7-18-19(13)23-11-10-22-18/h1-9,12,20H,10-11H2. The number of fused-ring (bicyclic) bond motifs is 2. The summed E-state index contributed by atoms with van der Waals surface area (Å²) in [5.41, 5.74) is 2.47. The molecule has 0 aliphatic carbocycles. The van der Waals surface area contributed by atoms with Gasteiger partial charge in [-0.25, -0.2) is 0 Å². The number of allylic oxidation sites excluding steroid dienone is 1. The van der Waals surface area contributed by atoms with Crippen LogP contribution in [0.15, 0.2) is 54.7 Å². The number of carbonyl (C=O) groups is 1. The number of nitrogens with one attached hydrogen (secondary N) is 1. The molecular formula is C19H15NO3. The van der Waals surface area contributed by atoms with E-state index in [0.29, 0.717) is 24.5 Å². The summed E-state index contributed by atoms with van der Waals surface area (Å²) in [6, 6.07) is 13.4. The van der Waals surface area contributed by atoms with Crippen LogP contribution in [0.25, 0.3) is 17.0 Å². The fourth-order valence-electron chi connectivity index (χ4n) is 2.76. The van der Waals surface area contributed by atoms with Crippen molar-refractivity contribution in [2.24, 2.45) is 0 Å². The first-order valence-electron chi connectivity index (χ1n) is 7.50. The first-order chi connectivity index (χ1) is 11.3. The van der Waals surface area contributed by atoms with Gasteiger partial charge in [-0.2, -0.15) is 0 Å². The van der Waals surface area contributed by atoms with Crippen LogP contribution in [0.4, 0.5) is 0 Å². The lowest BCUT2D eigenvalue weighted by atomic mass is 10.1. The van der Waals surface area contributed by atoms with E-state index in [1.54, 1.807) is 18.3 Å². The highest BCUT2D eigenvalue weighted by Crippen LogP contribution is 2.34. The Balaban J connectivity index is 1.65. The summed E-state index contributed by atoms with van der Waals surface area (Å²) in [4.78, 5) is 15.6. The van der Waals surface area contributed by atoms with E-state index in [1.165, 1.54) is 0 Å². The van der Waals surface area contributed by atoms with Crippen LogP contribution in [0.3, 0.4) is 0 Å². The number of aromatic nitrogens is 1. The number of hydrogen-bond acceptors (Lipinski definition) is 3. The molecule has 2 aromatic carbocycles. The molecule has 1 N–H and O–H groups in total. The highest BCUT2D eigenvalue weighted by atomic mass is 16.6. The van der Waals surface area contributed by atoms with E-state index in [2.05, 4.69) is 4.98 Å². The maximum absolute atomic E-state index is 12.5. The first kappa shape index (κ1) is 13.6. The van der Waals surface area contributed by atoms with Crippen LogP contribution in [0, 0.1) is 0 Å². The molecule has 23 heavy (non-hydrogen) atoms. The maximum Gasteiger partial charge on any atom is 0.188 e. The molecule has 3 aromatic rings. The number of carbonyl (C=O) groups excluding carboxylic acids is 1. The highest BCUT2D eigenvalue weighted by Gasteiger charge is 2.14. The van der Waals surface area contributed by atoms with E-state index in [0.717, 1.165) is 22.2 Å². The van der Waals surface area contributed by atoms with Gasteiger partial charge in [-0.05, 0) is 24.3 Å². The van der Waals surface area contributed by atoms with E-state index in [1.807, 2.05) is 42.5 Å². The molecule has 0 amide bonds. The molecule has 4 heteroatoms. The minimum atomic E-state index is -0.0446. The Morgan fingerprint density at radius 2 is 1.91 bits per heavy atom. The molecule has 0 saturated heterocycles. The van der Waals surface area contributed by atoms with Crippen molar-refractivity contribution >= 4 is 22.8 Å². The molecule has 0 unspecified atom stereocenters. The molecule has 0 spiro atoms. The van der Waals surface area contributed by atoms with Gasteiger partial charge in [-0.15, -0.1) is 0 Å². The van der Waals surface area contributed by atoms with Gasteiger partial charge in [0.15, 0.2) is 17.3 Å². The van der Waals surface area contributed by atoms with Crippen molar-refractivity contribution in [2.45, 2.75) is 0 Å². The second-order valence-corrected chi connectivity index (χ2v) is 5.32. The van der Waals surface area contributed by atoms with Gasteiger partial charge < -0.3 is 14.5 Å². The molecule has 4 rings (SSSR count). The van der Waals surface area contributed by atoms with Crippen LogP contribution in [0.5, 0.6) is 11.5 Å². The summed E-state index contributed by atoms with van der Waals surface area (Å²) in [5, 5.41) is 0.928. The SMILES string of the molecule is O=C(C=Cc1cccc2c1OCCO2)c1c[nH]c2ccccc12. The van der Waals surface area contributed by atoms with Gasteiger partial charge in [-0.3, -0.25) is 4.79 Å². The summed E-state index contributed by atoms with van der Waals surface area (Å²) in [7, 11) is 0. The Hall–Kier alpha value is -3.01. The summed E-state index contributed by atoms with van der Waals surface area (Å²) < 4.78 is 11.2.